The number of aromatic nitrogens is 2. The van der Waals surface area contributed by atoms with Gasteiger partial charge in [0.05, 0.1) is 30.6 Å². The molecule has 1 atom stereocenters. The van der Waals surface area contributed by atoms with E-state index in [1.807, 2.05) is 22.6 Å². The summed E-state index contributed by atoms with van der Waals surface area (Å²) >= 11 is 0. The number of amides is 1. The van der Waals surface area contributed by atoms with Crippen molar-refractivity contribution in [3.05, 3.63) is 52.8 Å². The zero-order valence-electron chi connectivity index (χ0n) is 16.0. The van der Waals surface area contributed by atoms with Gasteiger partial charge in [0.15, 0.2) is 0 Å². The Morgan fingerprint density at radius 3 is 2.81 bits per heavy atom. The molecule has 0 radical (unpaired) electrons. The monoisotopic (exact) mass is 368 g/mol. The Balaban J connectivity index is 1.41. The summed E-state index contributed by atoms with van der Waals surface area (Å²) in [5.74, 6) is 0.182. The van der Waals surface area contributed by atoms with E-state index in [2.05, 4.69) is 34.3 Å². The Morgan fingerprint density at radius 2 is 2.00 bits per heavy atom. The molecule has 6 nitrogen and oxygen atoms in total. The van der Waals surface area contributed by atoms with Crippen LogP contribution in [0.15, 0.2) is 30.3 Å². The van der Waals surface area contributed by atoms with Crippen LogP contribution in [0.3, 0.4) is 0 Å². The number of hydrogen-bond acceptors (Lipinski definition) is 4. The molecule has 0 spiro atoms. The number of carbonyl (C=O) groups is 1. The molecule has 1 N–H and O–H groups in total. The van der Waals surface area contributed by atoms with E-state index >= 15 is 0 Å². The minimum Gasteiger partial charge on any atom is -0.387 e. The number of nitrogens with zero attached hydrogens (tertiary/aromatic N) is 4. The number of rotatable bonds is 4. The maximum atomic E-state index is 12.9. The van der Waals surface area contributed by atoms with Crippen LogP contribution >= 0.6 is 0 Å². The lowest BCUT2D eigenvalue weighted by Crippen LogP contribution is -2.42. The van der Waals surface area contributed by atoms with E-state index in [1.54, 1.807) is 0 Å². The summed E-state index contributed by atoms with van der Waals surface area (Å²) in [7, 11) is 0. The van der Waals surface area contributed by atoms with Gasteiger partial charge in [-0.1, -0.05) is 31.2 Å². The molecule has 0 aliphatic carbocycles. The first kappa shape index (κ1) is 18.2. The Morgan fingerprint density at radius 1 is 1.19 bits per heavy atom. The summed E-state index contributed by atoms with van der Waals surface area (Å²) in [5.41, 5.74) is 4.48. The molecular weight excluding hydrogens is 340 g/mol. The highest BCUT2D eigenvalue weighted by atomic mass is 16.3. The lowest BCUT2D eigenvalue weighted by Gasteiger charge is -2.30. The van der Waals surface area contributed by atoms with Crippen molar-refractivity contribution in [3.63, 3.8) is 0 Å². The Hall–Kier alpha value is -2.18. The van der Waals surface area contributed by atoms with Crippen molar-refractivity contribution >= 4 is 5.91 Å². The van der Waals surface area contributed by atoms with E-state index in [9.17, 15) is 9.90 Å². The molecule has 2 aliphatic heterocycles. The molecule has 4 rings (SSSR count). The van der Waals surface area contributed by atoms with E-state index < -0.39 is 6.10 Å². The number of aliphatic hydroxyl groups excluding tert-OH is 1. The van der Waals surface area contributed by atoms with Crippen LogP contribution in [-0.2, 0) is 30.8 Å². The van der Waals surface area contributed by atoms with E-state index in [1.165, 1.54) is 11.1 Å². The third kappa shape index (κ3) is 3.92. The lowest BCUT2D eigenvalue weighted by atomic mass is 10.00. The molecule has 0 saturated heterocycles. The smallest absolute Gasteiger partial charge is 0.237 e. The third-order valence-corrected chi connectivity index (χ3v) is 5.68. The molecule has 27 heavy (non-hydrogen) atoms. The van der Waals surface area contributed by atoms with Crippen LogP contribution in [0, 0.1) is 0 Å². The zero-order valence-corrected chi connectivity index (χ0v) is 16.0. The predicted octanol–water partition coefficient (Wildman–Crippen LogP) is 2.12. The molecule has 1 unspecified atom stereocenters. The SMILES string of the molecule is CCC(O)c1cc2n(n1)CCCN(C(=O)CN1CCc3ccccc3C1)C2. The van der Waals surface area contributed by atoms with Gasteiger partial charge in [0.1, 0.15) is 0 Å². The van der Waals surface area contributed by atoms with Gasteiger partial charge in [-0.05, 0) is 36.5 Å². The molecule has 3 heterocycles. The first-order valence-electron chi connectivity index (χ1n) is 9.95. The van der Waals surface area contributed by atoms with Crippen molar-refractivity contribution in [2.24, 2.45) is 0 Å². The topological polar surface area (TPSA) is 61.6 Å². The molecule has 0 bridgehead atoms. The Bertz CT molecular complexity index is 816. The van der Waals surface area contributed by atoms with Crippen LogP contribution in [0.2, 0.25) is 0 Å². The van der Waals surface area contributed by atoms with Crippen LogP contribution < -0.4 is 0 Å². The number of fused-ring (bicyclic) bond motifs is 2. The minimum atomic E-state index is -0.526. The van der Waals surface area contributed by atoms with Gasteiger partial charge >= 0.3 is 0 Å². The predicted molar refractivity (Wildman–Crippen MR) is 103 cm³/mol. The molecule has 1 aromatic carbocycles. The fraction of sp³-hybridized carbons (Fsp3) is 0.524. The largest absolute Gasteiger partial charge is 0.387 e. The number of aryl methyl sites for hydroxylation is 1. The highest BCUT2D eigenvalue weighted by Gasteiger charge is 2.25. The first-order chi connectivity index (χ1) is 13.1. The molecular formula is C21H28N4O2. The van der Waals surface area contributed by atoms with Crippen molar-refractivity contribution < 1.29 is 9.90 Å². The Kier molecular flexibility index (Phi) is 5.27. The van der Waals surface area contributed by atoms with Crippen molar-refractivity contribution in [1.82, 2.24) is 19.6 Å². The van der Waals surface area contributed by atoms with Crippen LogP contribution in [0.1, 0.15) is 48.4 Å². The van der Waals surface area contributed by atoms with Gasteiger partial charge in [-0.3, -0.25) is 14.4 Å². The van der Waals surface area contributed by atoms with E-state index in [0.29, 0.717) is 19.5 Å². The van der Waals surface area contributed by atoms with Gasteiger partial charge in [0.25, 0.3) is 0 Å². The standard InChI is InChI=1S/C21H28N4O2/c1-2-20(26)19-12-18-14-24(9-5-10-25(18)22-19)21(27)15-23-11-8-16-6-3-4-7-17(16)13-23/h3-4,6-7,12,20,26H,2,5,8-11,13-15H2,1H3. The van der Waals surface area contributed by atoms with E-state index in [0.717, 1.165) is 50.4 Å². The maximum absolute atomic E-state index is 12.9. The summed E-state index contributed by atoms with van der Waals surface area (Å²) in [5, 5.41) is 14.6. The van der Waals surface area contributed by atoms with Gasteiger partial charge in [0, 0.05) is 26.2 Å². The molecule has 2 aliphatic rings. The number of carbonyl (C=O) groups excluding carboxylic acids is 1. The number of benzene rings is 1. The summed E-state index contributed by atoms with van der Waals surface area (Å²) < 4.78 is 1.96. The first-order valence-corrected chi connectivity index (χ1v) is 9.95. The zero-order chi connectivity index (χ0) is 18.8. The highest BCUT2D eigenvalue weighted by molar-refractivity contribution is 5.78. The minimum absolute atomic E-state index is 0.182. The van der Waals surface area contributed by atoms with Crippen LogP contribution in [0.4, 0.5) is 0 Å². The van der Waals surface area contributed by atoms with Crippen LogP contribution in [0.5, 0.6) is 0 Å². The van der Waals surface area contributed by atoms with Crippen molar-refractivity contribution in [2.45, 2.75) is 51.9 Å². The molecule has 1 amide bonds. The van der Waals surface area contributed by atoms with Gasteiger partial charge in [0.2, 0.25) is 5.91 Å². The number of aliphatic hydroxyl groups is 1. The van der Waals surface area contributed by atoms with E-state index in [4.69, 9.17) is 0 Å². The van der Waals surface area contributed by atoms with Crippen molar-refractivity contribution in [1.29, 1.82) is 0 Å². The Labute approximate surface area is 160 Å². The summed E-state index contributed by atoms with van der Waals surface area (Å²) in [6.07, 6.45) is 2.02. The average molecular weight is 368 g/mol. The summed E-state index contributed by atoms with van der Waals surface area (Å²) in [6, 6.07) is 10.5. The molecule has 6 heteroatoms. The molecule has 0 fully saturated rings. The molecule has 1 aromatic heterocycles. The maximum Gasteiger partial charge on any atom is 0.237 e. The van der Waals surface area contributed by atoms with Gasteiger partial charge in [-0.25, -0.2) is 0 Å². The second kappa shape index (κ2) is 7.82. The highest BCUT2D eigenvalue weighted by Crippen LogP contribution is 2.21. The fourth-order valence-corrected chi connectivity index (χ4v) is 4.05. The van der Waals surface area contributed by atoms with Crippen molar-refractivity contribution in [2.75, 3.05) is 19.6 Å². The van der Waals surface area contributed by atoms with E-state index in [-0.39, 0.29) is 5.91 Å². The average Bonchev–Trinajstić information content (AvgIpc) is 2.98. The third-order valence-electron chi connectivity index (χ3n) is 5.68. The fourth-order valence-electron chi connectivity index (χ4n) is 4.05. The van der Waals surface area contributed by atoms with Crippen LogP contribution in [-0.4, -0.2) is 50.2 Å². The summed E-state index contributed by atoms with van der Waals surface area (Å²) in [4.78, 5) is 17.1. The van der Waals surface area contributed by atoms with Gasteiger partial charge in [-0.2, -0.15) is 5.10 Å². The molecule has 2 aromatic rings. The van der Waals surface area contributed by atoms with Gasteiger partial charge < -0.3 is 10.0 Å². The second-order valence-electron chi connectivity index (χ2n) is 7.61. The quantitative estimate of drug-likeness (QED) is 0.898. The number of hydrogen-bond donors (Lipinski definition) is 1. The lowest BCUT2D eigenvalue weighted by molar-refractivity contribution is -0.133. The van der Waals surface area contributed by atoms with Gasteiger partial charge in [-0.15, -0.1) is 0 Å². The molecule has 144 valence electrons. The second-order valence-corrected chi connectivity index (χ2v) is 7.61. The summed E-state index contributed by atoms with van der Waals surface area (Å²) in [6.45, 7) is 6.33. The molecule has 0 saturated carbocycles. The van der Waals surface area contributed by atoms with Crippen molar-refractivity contribution in [3.8, 4) is 0 Å². The van der Waals surface area contributed by atoms with Crippen LogP contribution in [0.25, 0.3) is 0 Å². The normalized spacial score (nSPS) is 18.5.